The first-order chi connectivity index (χ1) is 13.6. The van der Waals surface area contributed by atoms with Gasteiger partial charge in [-0.25, -0.2) is 0 Å². The van der Waals surface area contributed by atoms with Crippen molar-refractivity contribution in [2.45, 2.75) is 39.2 Å². The number of benzene rings is 1. The third kappa shape index (κ3) is 5.00. The zero-order valence-electron chi connectivity index (χ0n) is 16.9. The number of carbonyl (C=O) groups excluding carboxylic acids is 2. The zero-order valence-corrected chi connectivity index (χ0v) is 16.9. The molecule has 6 nitrogen and oxygen atoms in total. The minimum absolute atomic E-state index is 0.0438. The van der Waals surface area contributed by atoms with Crippen LogP contribution in [0.4, 0.5) is 0 Å². The van der Waals surface area contributed by atoms with Crippen molar-refractivity contribution < 1.29 is 9.59 Å². The van der Waals surface area contributed by atoms with E-state index < -0.39 is 0 Å². The summed E-state index contributed by atoms with van der Waals surface area (Å²) in [6.45, 7) is 4.93. The van der Waals surface area contributed by atoms with E-state index in [0.717, 1.165) is 37.8 Å². The fraction of sp³-hybridized carbons (Fsp3) is 0.500. The van der Waals surface area contributed by atoms with Crippen molar-refractivity contribution in [1.29, 1.82) is 0 Å². The summed E-state index contributed by atoms with van der Waals surface area (Å²) in [7, 11) is 1.89. The summed E-state index contributed by atoms with van der Waals surface area (Å²) in [6, 6.07) is 9.63. The molecule has 6 heteroatoms. The van der Waals surface area contributed by atoms with Crippen LogP contribution in [0.3, 0.4) is 0 Å². The quantitative estimate of drug-likeness (QED) is 0.740. The van der Waals surface area contributed by atoms with Gasteiger partial charge in [0.25, 0.3) is 5.91 Å². The van der Waals surface area contributed by atoms with Crippen LogP contribution in [0, 0.1) is 5.92 Å². The van der Waals surface area contributed by atoms with Gasteiger partial charge in [-0.15, -0.1) is 0 Å². The highest BCUT2D eigenvalue weighted by molar-refractivity contribution is 5.94. The predicted molar refractivity (Wildman–Crippen MR) is 109 cm³/mol. The van der Waals surface area contributed by atoms with Crippen LogP contribution in [-0.2, 0) is 11.3 Å². The summed E-state index contributed by atoms with van der Waals surface area (Å²) in [5.74, 6) is 0.321. The molecule has 150 valence electrons. The number of rotatable bonds is 7. The molecule has 0 bridgehead atoms. The lowest BCUT2D eigenvalue weighted by molar-refractivity contribution is -0.135. The van der Waals surface area contributed by atoms with Crippen molar-refractivity contribution in [2.24, 2.45) is 5.92 Å². The van der Waals surface area contributed by atoms with Crippen molar-refractivity contribution in [3.63, 3.8) is 0 Å². The second-order valence-corrected chi connectivity index (χ2v) is 7.58. The summed E-state index contributed by atoms with van der Waals surface area (Å²) in [4.78, 5) is 29.1. The first kappa shape index (κ1) is 20.1. The molecule has 1 aliphatic heterocycles. The minimum Gasteiger partial charge on any atom is -0.346 e. The van der Waals surface area contributed by atoms with Crippen LogP contribution in [0.15, 0.2) is 42.7 Å². The van der Waals surface area contributed by atoms with Crippen molar-refractivity contribution in [2.75, 3.05) is 26.7 Å². The van der Waals surface area contributed by atoms with Crippen molar-refractivity contribution in [3.8, 4) is 0 Å². The molecule has 1 fully saturated rings. The highest BCUT2D eigenvalue weighted by atomic mass is 16.2. The smallest absolute Gasteiger partial charge is 0.253 e. The second kappa shape index (κ2) is 9.53. The molecule has 0 N–H and O–H groups in total. The molecule has 1 aromatic heterocycles. The molecule has 2 heterocycles. The zero-order chi connectivity index (χ0) is 19.9. The molecule has 2 amide bonds. The van der Waals surface area contributed by atoms with Gasteiger partial charge >= 0.3 is 0 Å². The summed E-state index contributed by atoms with van der Waals surface area (Å²) in [6.07, 6.45) is 7.30. The van der Waals surface area contributed by atoms with Gasteiger partial charge in [-0.2, -0.15) is 5.10 Å². The average molecular weight is 383 g/mol. The largest absolute Gasteiger partial charge is 0.346 e. The molecule has 1 aromatic carbocycles. The van der Waals surface area contributed by atoms with E-state index in [1.54, 1.807) is 6.20 Å². The van der Waals surface area contributed by atoms with Crippen molar-refractivity contribution in [3.05, 3.63) is 53.9 Å². The highest BCUT2D eigenvalue weighted by Crippen LogP contribution is 2.21. The van der Waals surface area contributed by atoms with Gasteiger partial charge in [0.05, 0.1) is 6.54 Å². The molecule has 2 aromatic rings. The summed E-state index contributed by atoms with van der Waals surface area (Å²) < 4.78 is 1.86. The lowest BCUT2D eigenvalue weighted by atomic mass is 9.94. The number of hydrogen-bond donors (Lipinski definition) is 0. The van der Waals surface area contributed by atoms with Crippen LogP contribution < -0.4 is 0 Å². The number of likely N-dealkylation sites (tertiary alicyclic amines) is 1. The van der Waals surface area contributed by atoms with Crippen LogP contribution in [0.25, 0.3) is 0 Å². The Balaban J connectivity index is 1.51. The maximum atomic E-state index is 12.8. The van der Waals surface area contributed by atoms with Gasteiger partial charge in [-0.1, -0.05) is 25.5 Å². The monoisotopic (exact) mass is 382 g/mol. The van der Waals surface area contributed by atoms with Gasteiger partial charge in [0.1, 0.15) is 0 Å². The van der Waals surface area contributed by atoms with Gasteiger partial charge in [0.2, 0.25) is 5.91 Å². The number of piperidine rings is 1. The Bertz CT molecular complexity index is 762. The number of amides is 2. The third-order valence-electron chi connectivity index (χ3n) is 5.46. The summed E-state index contributed by atoms with van der Waals surface area (Å²) in [5.41, 5.74) is 1.81. The maximum Gasteiger partial charge on any atom is 0.253 e. The van der Waals surface area contributed by atoms with Crippen LogP contribution >= 0.6 is 0 Å². The Morgan fingerprint density at radius 1 is 1.18 bits per heavy atom. The van der Waals surface area contributed by atoms with E-state index >= 15 is 0 Å². The van der Waals surface area contributed by atoms with Crippen molar-refractivity contribution >= 4 is 11.8 Å². The first-order valence-corrected chi connectivity index (χ1v) is 10.2. The SMILES string of the molecule is CCCCN(C)C(=O)C1CCN(C(=O)c2ccc(Cn3cccn3)cc2)CC1. The highest BCUT2D eigenvalue weighted by Gasteiger charge is 2.29. The molecule has 0 radical (unpaired) electrons. The normalized spacial score (nSPS) is 14.9. The Hall–Kier alpha value is -2.63. The van der Waals surface area contributed by atoms with Gasteiger partial charge in [0.15, 0.2) is 0 Å². The standard InChI is InChI=1S/C22H30N4O2/c1-3-4-13-24(2)21(27)20-10-15-25(16-11-20)22(28)19-8-6-18(7-9-19)17-26-14-5-12-23-26/h5-9,12,14,20H,3-4,10-11,13,15-17H2,1-2H3. The Morgan fingerprint density at radius 3 is 2.50 bits per heavy atom. The molecule has 0 aliphatic carbocycles. The lowest BCUT2D eigenvalue weighted by Crippen LogP contribution is -2.43. The van der Waals surface area contributed by atoms with E-state index in [0.29, 0.717) is 25.2 Å². The Kier molecular flexibility index (Phi) is 6.85. The van der Waals surface area contributed by atoms with Crippen LogP contribution in [0.2, 0.25) is 0 Å². The van der Waals surface area contributed by atoms with E-state index in [9.17, 15) is 9.59 Å². The molecule has 1 saturated heterocycles. The lowest BCUT2D eigenvalue weighted by Gasteiger charge is -2.33. The van der Waals surface area contributed by atoms with Gasteiger partial charge in [-0.3, -0.25) is 14.3 Å². The van der Waals surface area contributed by atoms with Crippen LogP contribution in [0.5, 0.6) is 0 Å². The molecule has 28 heavy (non-hydrogen) atoms. The van der Waals surface area contributed by atoms with Gasteiger partial charge in [0, 0.05) is 50.6 Å². The topological polar surface area (TPSA) is 58.4 Å². The molecular formula is C22H30N4O2. The van der Waals surface area contributed by atoms with E-state index in [1.807, 2.05) is 58.1 Å². The molecule has 0 saturated carbocycles. The van der Waals surface area contributed by atoms with Crippen LogP contribution in [0.1, 0.15) is 48.5 Å². The predicted octanol–water partition coefficient (Wildman–Crippen LogP) is 3.04. The Labute approximate surface area is 167 Å². The summed E-state index contributed by atoms with van der Waals surface area (Å²) in [5, 5.41) is 4.20. The molecule has 3 rings (SSSR count). The first-order valence-electron chi connectivity index (χ1n) is 10.2. The fourth-order valence-electron chi connectivity index (χ4n) is 3.66. The van der Waals surface area contributed by atoms with Crippen molar-refractivity contribution in [1.82, 2.24) is 19.6 Å². The summed E-state index contributed by atoms with van der Waals surface area (Å²) >= 11 is 0. The van der Waals surface area contributed by atoms with Crippen LogP contribution in [-0.4, -0.2) is 58.1 Å². The number of carbonyl (C=O) groups is 2. The number of aromatic nitrogens is 2. The van der Waals surface area contributed by atoms with E-state index in [2.05, 4.69) is 12.0 Å². The molecule has 0 spiro atoms. The molecule has 0 unspecified atom stereocenters. The van der Waals surface area contributed by atoms with E-state index in [1.165, 1.54) is 0 Å². The number of unbranched alkanes of at least 4 members (excludes halogenated alkanes) is 1. The van der Waals surface area contributed by atoms with E-state index in [4.69, 9.17) is 0 Å². The van der Waals surface area contributed by atoms with Gasteiger partial charge < -0.3 is 9.80 Å². The second-order valence-electron chi connectivity index (χ2n) is 7.58. The number of hydrogen-bond acceptors (Lipinski definition) is 3. The molecule has 0 atom stereocenters. The maximum absolute atomic E-state index is 12.8. The van der Waals surface area contributed by atoms with E-state index in [-0.39, 0.29) is 17.7 Å². The fourth-order valence-corrected chi connectivity index (χ4v) is 3.66. The number of nitrogens with zero attached hydrogens (tertiary/aromatic N) is 4. The third-order valence-corrected chi connectivity index (χ3v) is 5.46. The molecule has 1 aliphatic rings. The van der Waals surface area contributed by atoms with Gasteiger partial charge in [-0.05, 0) is 43.0 Å². The average Bonchev–Trinajstić information content (AvgIpc) is 3.24. The minimum atomic E-state index is 0.0438. The Morgan fingerprint density at radius 2 is 1.89 bits per heavy atom. The molecular weight excluding hydrogens is 352 g/mol.